The van der Waals surface area contributed by atoms with Gasteiger partial charge in [-0.05, 0) is 18.6 Å². The third-order valence-electron chi connectivity index (χ3n) is 4.58. The highest BCUT2D eigenvalue weighted by Crippen LogP contribution is 2.36. The minimum Gasteiger partial charge on any atom is -0.401 e. The van der Waals surface area contributed by atoms with E-state index in [1.54, 1.807) is 18.2 Å². The summed E-state index contributed by atoms with van der Waals surface area (Å²) < 4.78 is 51.7. The van der Waals surface area contributed by atoms with Gasteiger partial charge in [0.2, 0.25) is 20.0 Å². The Kier molecular flexibility index (Phi) is 7.25. The summed E-state index contributed by atoms with van der Waals surface area (Å²) in [5.41, 5.74) is 6.38. The van der Waals surface area contributed by atoms with E-state index in [1.165, 1.54) is 6.08 Å². The molecule has 0 saturated carbocycles. The summed E-state index contributed by atoms with van der Waals surface area (Å²) in [4.78, 5) is -0.00498. The molecule has 0 aromatic rings. The van der Waals surface area contributed by atoms with Crippen molar-refractivity contribution in [2.75, 3.05) is 5.75 Å². The van der Waals surface area contributed by atoms with Crippen LogP contribution in [-0.2, 0) is 20.0 Å². The zero-order valence-corrected chi connectivity index (χ0v) is 16.7. The first-order valence-electron chi connectivity index (χ1n) is 9.05. The normalized spacial score (nSPS) is 22.7. The first kappa shape index (κ1) is 20.9. The van der Waals surface area contributed by atoms with Crippen LogP contribution in [0, 0.1) is 11.8 Å². The van der Waals surface area contributed by atoms with E-state index in [2.05, 4.69) is 6.92 Å². The van der Waals surface area contributed by atoms with Crippen LogP contribution in [0.5, 0.6) is 0 Å². The maximum atomic E-state index is 12.7. The fourth-order valence-corrected chi connectivity index (χ4v) is 6.75. The Morgan fingerprint density at radius 2 is 1.58 bits per heavy atom. The first-order chi connectivity index (χ1) is 12.3. The van der Waals surface area contributed by atoms with Gasteiger partial charge in [-0.25, -0.2) is 16.8 Å². The number of unbranched alkanes of at least 4 members (excludes halogenated alkanes) is 5. The fourth-order valence-electron chi connectivity index (χ4n) is 3.23. The topological polar surface area (TPSA) is 106 Å². The molecule has 0 bridgehead atoms. The second-order valence-corrected chi connectivity index (χ2v) is 10.5. The second kappa shape index (κ2) is 9.01. The van der Waals surface area contributed by atoms with Gasteiger partial charge in [-0.1, -0.05) is 63.3 Å². The van der Waals surface area contributed by atoms with Crippen molar-refractivity contribution in [1.82, 2.24) is 4.13 Å². The molecule has 146 valence electrons. The summed E-state index contributed by atoms with van der Waals surface area (Å²) in [5.74, 6) is -0.939. The molecule has 8 heteroatoms. The van der Waals surface area contributed by atoms with Gasteiger partial charge in [-0.2, -0.15) is 0 Å². The van der Waals surface area contributed by atoms with Gasteiger partial charge in [0.05, 0.1) is 10.7 Å². The van der Waals surface area contributed by atoms with Gasteiger partial charge in [-0.3, -0.25) is 0 Å². The number of sulfonamides is 2. The van der Waals surface area contributed by atoms with Crippen molar-refractivity contribution < 1.29 is 16.8 Å². The largest absolute Gasteiger partial charge is 0.401 e. The quantitative estimate of drug-likeness (QED) is 0.548. The molecule has 0 aromatic heterocycles. The van der Waals surface area contributed by atoms with Crippen molar-refractivity contribution >= 4 is 20.0 Å². The van der Waals surface area contributed by atoms with Crippen LogP contribution in [-0.4, -0.2) is 22.6 Å². The molecule has 0 spiro atoms. The summed E-state index contributed by atoms with van der Waals surface area (Å²) in [7, 11) is -8.10. The lowest BCUT2D eigenvalue weighted by molar-refractivity contribution is 0.558. The second-order valence-electron chi connectivity index (χ2n) is 6.73. The van der Waals surface area contributed by atoms with Gasteiger partial charge < -0.3 is 5.73 Å². The number of allylic oxidation sites excluding steroid dienone is 7. The molecule has 0 saturated heterocycles. The summed E-state index contributed by atoms with van der Waals surface area (Å²) >= 11 is 0. The van der Waals surface area contributed by atoms with Crippen molar-refractivity contribution in [1.29, 1.82) is 0 Å². The molecular weight excluding hydrogens is 372 g/mol. The number of hydrogen-bond acceptors (Lipinski definition) is 5. The summed E-state index contributed by atoms with van der Waals surface area (Å²) in [5, 5.41) is 0. The third-order valence-corrected chi connectivity index (χ3v) is 8.31. The average molecular weight is 401 g/mol. The van der Waals surface area contributed by atoms with Crippen LogP contribution in [0.2, 0.25) is 0 Å². The van der Waals surface area contributed by atoms with Gasteiger partial charge in [0.1, 0.15) is 0 Å². The number of nitrogens with one attached hydrogen (secondary N) is 1. The lowest BCUT2D eigenvalue weighted by Crippen LogP contribution is -2.38. The fraction of sp³-hybridized carbons (Fsp3) is 0.556. The van der Waals surface area contributed by atoms with E-state index < -0.39 is 26.0 Å². The lowest BCUT2D eigenvalue weighted by Gasteiger charge is -2.29. The molecular formula is C18H28N2O4S2. The predicted octanol–water partition coefficient (Wildman–Crippen LogP) is 2.69. The van der Waals surface area contributed by atoms with Crippen molar-refractivity contribution in [2.45, 2.75) is 45.4 Å². The number of fused-ring (bicyclic) bond motifs is 1. The third kappa shape index (κ3) is 5.56. The molecule has 0 fully saturated rings. The van der Waals surface area contributed by atoms with E-state index in [1.807, 2.05) is 16.3 Å². The van der Waals surface area contributed by atoms with Crippen LogP contribution >= 0.6 is 0 Å². The Morgan fingerprint density at radius 3 is 2.27 bits per heavy atom. The average Bonchev–Trinajstić information content (AvgIpc) is 2.57. The zero-order valence-electron chi connectivity index (χ0n) is 15.1. The lowest BCUT2D eigenvalue weighted by atomic mass is 9.83. The molecule has 3 N–H and O–H groups in total. The first-order valence-corrected chi connectivity index (χ1v) is 12.2. The van der Waals surface area contributed by atoms with E-state index in [4.69, 9.17) is 5.73 Å². The number of hydrogen-bond donors (Lipinski definition) is 2. The molecule has 0 heterocycles. The van der Waals surface area contributed by atoms with Gasteiger partial charge in [0.15, 0.2) is 0 Å². The van der Waals surface area contributed by atoms with Gasteiger partial charge >= 0.3 is 0 Å². The maximum Gasteiger partial charge on any atom is 0.250 e. The monoisotopic (exact) mass is 400 g/mol. The van der Waals surface area contributed by atoms with Gasteiger partial charge in [0.25, 0.3) is 0 Å². The predicted molar refractivity (Wildman–Crippen MR) is 105 cm³/mol. The van der Waals surface area contributed by atoms with E-state index >= 15 is 0 Å². The number of nitrogens with two attached hydrogens (primary N) is 1. The van der Waals surface area contributed by atoms with Crippen LogP contribution in [0.4, 0.5) is 0 Å². The maximum absolute atomic E-state index is 12.7. The van der Waals surface area contributed by atoms with Crippen molar-refractivity contribution in [2.24, 2.45) is 17.6 Å². The molecule has 6 nitrogen and oxygen atoms in total. The van der Waals surface area contributed by atoms with Crippen molar-refractivity contribution in [3.8, 4) is 0 Å². The molecule has 2 aliphatic carbocycles. The summed E-state index contributed by atoms with van der Waals surface area (Å²) in [6.45, 7) is 2.11. The SMILES string of the molecule is CCCCCCCCS(=O)(=O)NS(=O)(=O)C1=CC=CC2C=CC=C(N)C12. The molecule has 26 heavy (non-hydrogen) atoms. The minimum absolute atomic E-state index is 0.00498. The van der Waals surface area contributed by atoms with E-state index in [9.17, 15) is 16.8 Å². The molecule has 0 amide bonds. The Morgan fingerprint density at radius 1 is 0.962 bits per heavy atom. The molecule has 2 unspecified atom stereocenters. The summed E-state index contributed by atoms with van der Waals surface area (Å²) in [6.07, 6.45) is 15.7. The highest BCUT2D eigenvalue weighted by Gasteiger charge is 2.36. The summed E-state index contributed by atoms with van der Waals surface area (Å²) in [6, 6.07) is 0. The van der Waals surface area contributed by atoms with E-state index in [0.717, 1.165) is 32.1 Å². The van der Waals surface area contributed by atoms with Gasteiger partial charge in [-0.15, -0.1) is 4.13 Å². The highest BCUT2D eigenvalue weighted by molar-refractivity contribution is 8.06. The van der Waals surface area contributed by atoms with E-state index in [0.29, 0.717) is 12.1 Å². The smallest absolute Gasteiger partial charge is 0.250 e. The number of rotatable bonds is 10. The van der Waals surface area contributed by atoms with Gasteiger partial charge in [0, 0.05) is 17.5 Å². The molecule has 0 aliphatic heterocycles. The van der Waals surface area contributed by atoms with Crippen molar-refractivity contribution in [3.05, 3.63) is 47.1 Å². The Balaban J connectivity index is 2.01. The Hall–Kier alpha value is -1.38. The molecule has 2 aliphatic rings. The standard InChI is InChI=1S/C18H28N2O4S2/c1-2-3-4-5-6-7-14-25(21,22)20-26(23,24)17-13-9-11-15-10-8-12-16(19)18(15)17/h8-13,15,18,20H,2-7,14,19H2,1H3. The van der Waals surface area contributed by atoms with E-state index in [-0.39, 0.29) is 16.6 Å². The molecule has 0 radical (unpaired) electrons. The highest BCUT2D eigenvalue weighted by atomic mass is 32.3. The van der Waals surface area contributed by atoms with Crippen LogP contribution in [0.3, 0.4) is 0 Å². The molecule has 2 atom stereocenters. The Labute approximate surface area is 157 Å². The zero-order chi connectivity index (χ0) is 19.2. The van der Waals surface area contributed by atoms with Crippen molar-refractivity contribution in [3.63, 3.8) is 0 Å². The molecule has 2 rings (SSSR count). The molecule has 0 aromatic carbocycles. The van der Waals surface area contributed by atoms with Crippen LogP contribution in [0.15, 0.2) is 47.1 Å². The minimum atomic E-state index is -4.18. The van der Waals surface area contributed by atoms with Crippen LogP contribution in [0.1, 0.15) is 45.4 Å². The Bertz CT molecular complexity index is 821. The van der Waals surface area contributed by atoms with Crippen LogP contribution < -0.4 is 9.86 Å². The van der Waals surface area contributed by atoms with Crippen LogP contribution in [0.25, 0.3) is 0 Å².